The fourth-order valence-electron chi connectivity index (χ4n) is 3.50. The molecule has 0 aromatic heterocycles. The first kappa shape index (κ1) is 15.8. The maximum Gasteiger partial charge on any atom is 0.225 e. The van der Waals surface area contributed by atoms with E-state index < -0.39 is 0 Å². The summed E-state index contributed by atoms with van der Waals surface area (Å²) in [6.45, 7) is 2.98. The molecule has 0 aliphatic heterocycles. The van der Waals surface area contributed by atoms with Gasteiger partial charge in [0.25, 0.3) is 0 Å². The second kappa shape index (κ2) is 7.34. The summed E-state index contributed by atoms with van der Waals surface area (Å²) >= 11 is 0. The zero-order chi connectivity index (χ0) is 12.3. The quantitative estimate of drug-likeness (QED) is 0.860. The number of nitrogens with two attached hydrogens (primary N) is 1. The molecule has 1 amide bonds. The van der Waals surface area contributed by atoms with Gasteiger partial charge in [0.15, 0.2) is 0 Å². The van der Waals surface area contributed by atoms with Gasteiger partial charge >= 0.3 is 0 Å². The van der Waals surface area contributed by atoms with Crippen molar-refractivity contribution in [3.63, 3.8) is 0 Å². The summed E-state index contributed by atoms with van der Waals surface area (Å²) in [5.41, 5.74) is 5.99. The lowest BCUT2D eigenvalue weighted by Crippen LogP contribution is -2.44. The van der Waals surface area contributed by atoms with Gasteiger partial charge in [-0.1, -0.05) is 19.3 Å². The Labute approximate surface area is 117 Å². The number of hydrogen-bond donors (Lipinski definition) is 1. The van der Waals surface area contributed by atoms with Crippen LogP contribution >= 0.6 is 12.4 Å². The summed E-state index contributed by atoms with van der Waals surface area (Å²) in [6.07, 6.45) is 9.17. The fourth-order valence-corrected chi connectivity index (χ4v) is 3.50. The highest BCUT2D eigenvalue weighted by molar-refractivity contribution is 5.85. The van der Waals surface area contributed by atoms with Crippen LogP contribution in [0.5, 0.6) is 0 Å². The van der Waals surface area contributed by atoms with Crippen molar-refractivity contribution >= 4 is 18.3 Å². The molecule has 0 bridgehead atoms. The van der Waals surface area contributed by atoms with E-state index in [0.29, 0.717) is 11.9 Å². The molecule has 2 saturated carbocycles. The van der Waals surface area contributed by atoms with E-state index >= 15 is 0 Å². The highest BCUT2D eigenvalue weighted by atomic mass is 35.5. The van der Waals surface area contributed by atoms with Crippen molar-refractivity contribution in [1.82, 2.24) is 4.90 Å². The van der Waals surface area contributed by atoms with Crippen LogP contribution in [0.2, 0.25) is 0 Å². The van der Waals surface area contributed by atoms with Crippen molar-refractivity contribution in [2.45, 2.75) is 70.4 Å². The van der Waals surface area contributed by atoms with Gasteiger partial charge in [0.1, 0.15) is 0 Å². The third-order valence-electron chi connectivity index (χ3n) is 4.45. The fraction of sp³-hybridized carbons (Fsp3) is 0.929. The molecular weight excluding hydrogens is 248 g/mol. The number of carbonyl (C=O) groups excluding carboxylic acids is 1. The molecular formula is C14H27ClN2O. The van der Waals surface area contributed by atoms with Crippen LogP contribution < -0.4 is 5.73 Å². The standard InChI is InChI=1S/C14H26N2O.ClH/c1-2-16(13-8-3-4-9-13)14(17)11-6-5-7-12(15)10-11;/h11-13H,2-10,15H2,1H3;1H. The Hall–Kier alpha value is -0.280. The molecule has 3 nitrogen and oxygen atoms in total. The summed E-state index contributed by atoms with van der Waals surface area (Å²) < 4.78 is 0. The van der Waals surface area contributed by atoms with E-state index in [2.05, 4.69) is 11.8 Å². The lowest BCUT2D eigenvalue weighted by atomic mass is 9.85. The third-order valence-corrected chi connectivity index (χ3v) is 4.45. The van der Waals surface area contributed by atoms with Gasteiger partial charge in [-0.2, -0.15) is 0 Å². The number of halogens is 1. The van der Waals surface area contributed by atoms with E-state index in [1.807, 2.05) is 0 Å². The van der Waals surface area contributed by atoms with Crippen LogP contribution in [0.1, 0.15) is 58.3 Å². The minimum Gasteiger partial charge on any atom is -0.340 e. The van der Waals surface area contributed by atoms with Gasteiger partial charge in [-0.05, 0) is 39.0 Å². The maximum absolute atomic E-state index is 12.5. The Morgan fingerprint density at radius 1 is 1.17 bits per heavy atom. The van der Waals surface area contributed by atoms with Gasteiger partial charge in [-0.25, -0.2) is 0 Å². The average molecular weight is 275 g/mol. The van der Waals surface area contributed by atoms with Gasteiger partial charge < -0.3 is 10.6 Å². The SMILES string of the molecule is CCN(C(=O)C1CCCC(N)C1)C1CCCC1.Cl. The molecule has 18 heavy (non-hydrogen) atoms. The van der Waals surface area contributed by atoms with Crippen LogP contribution in [0.4, 0.5) is 0 Å². The number of nitrogens with zero attached hydrogens (tertiary/aromatic N) is 1. The third kappa shape index (κ3) is 3.61. The van der Waals surface area contributed by atoms with E-state index in [9.17, 15) is 4.79 Å². The molecule has 2 aliphatic carbocycles. The maximum atomic E-state index is 12.5. The van der Waals surface area contributed by atoms with Gasteiger partial charge in [0.05, 0.1) is 0 Å². The highest BCUT2D eigenvalue weighted by Gasteiger charge is 2.32. The van der Waals surface area contributed by atoms with Gasteiger partial charge in [-0.15, -0.1) is 12.4 Å². The van der Waals surface area contributed by atoms with E-state index in [-0.39, 0.29) is 24.4 Å². The largest absolute Gasteiger partial charge is 0.340 e. The predicted molar refractivity (Wildman–Crippen MR) is 76.8 cm³/mol. The minimum absolute atomic E-state index is 0. The summed E-state index contributed by atoms with van der Waals surface area (Å²) in [6, 6.07) is 0.769. The van der Waals surface area contributed by atoms with Crippen LogP contribution in [0, 0.1) is 5.92 Å². The molecule has 0 aromatic carbocycles. The van der Waals surface area contributed by atoms with E-state index in [1.54, 1.807) is 0 Å². The van der Waals surface area contributed by atoms with Crippen molar-refractivity contribution in [2.24, 2.45) is 11.7 Å². The van der Waals surface area contributed by atoms with Crippen molar-refractivity contribution in [3.8, 4) is 0 Å². The second-order valence-electron chi connectivity index (χ2n) is 5.69. The van der Waals surface area contributed by atoms with Crippen molar-refractivity contribution < 1.29 is 4.79 Å². The molecule has 0 radical (unpaired) electrons. The van der Waals surface area contributed by atoms with Crippen molar-refractivity contribution in [2.75, 3.05) is 6.54 Å². The van der Waals surface area contributed by atoms with Gasteiger partial charge in [-0.3, -0.25) is 4.79 Å². The monoisotopic (exact) mass is 274 g/mol. The first-order valence-corrected chi connectivity index (χ1v) is 7.28. The molecule has 0 saturated heterocycles. The van der Waals surface area contributed by atoms with E-state index in [1.165, 1.54) is 25.7 Å². The molecule has 2 aliphatic rings. The average Bonchev–Trinajstić information content (AvgIpc) is 2.83. The Morgan fingerprint density at radius 2 is 1.83 bits per heavy atom. The number of carbonyl (C=O) groups is 1. The summed E-state index contributed by atoms with van der Waals surface area (Å²) in [5.74, 6) is 0.592. The lowest BCUT2D eigenvalue weighted by molar-refractivity contribution is -0.138. The van der Waals surface area contributed by atoms with Gasteiger partial charge in [0, 0.05) is 24.5 Å². The summed E-state index contributed by atoms with van der Waals surface area (Å²) in [7, 11) is 0. The van der Waals surface area contributed by atoms with Gasteiger partial charge in [0.2, 0.25) is 5.91 Å². The lowest BCUT2D eigenvalue weighted by Gasteiger charge is -2.34. The zero-order valence-electron chi connectivity index (χ0n) is 11.4. The zero-order valence-corrected chi connectivity index (χ0v) is 12.3. The molecule has 0 heterocycles. The van der Waals surface area contributed by atoms with E-state index in [4.69, 9.17) is 5.73 Å². The number of rotatable bonds is 3. The highest BCUT2D eigenvalue weighted by Crippen LogP contribution is 2.29. The van der Waals surface area contributed by atoms with Crippen molar-refractivity contribution in [1.29, 1.82) is 0 Å². The molecule has 106 valence electrons. The molecule has 4 heteroatoms. The molecule has 0 spiro atoms. The second-order valence-corrected chi connectivity index (χ2v) is 5.69. The molecule has 2 N–H and O–H groups in total. The molecule has 2 atom stereocenters. The van der Waals surface area contributed by atoms with Crippen LogP contribution in [-0.4, -0.2) is 29.4 Å². The number of amides is 1. The first-order chi connectivity index (χ1) is 8.22. The van der Waals surface area contributed by atoms with Crippen LogP contribution in [0.25, 0.3) is 0 Å². The molecule has 0 aromatic rings. The predicted octanol–water partition coefficient (Wildman–Crippen LogP) is 2.72. The van der Waals surface area contributed by atoms with Crippen LogP contribution in [0.15, 0.2) is 0 Å². The first-order valence-electron chi connectivity index (χ1n) is 7.28. The molecule has 2 unspecified atom stereocenters. The summed E-state index contributed by atoms with van der Waals surface area (Å²) in [4.78, 5) is 14.7. The van der Waals surface area contributed by atoms with E-state index in [0.717, 1.165) is 32.2 Å². The molecule has 2 fully saturated rings. The normalized spacial score (nSPS) is 28.8. The number of hydrogen-bond acceptors (Lipinski definition) is 2. The Kier molecular flexibility index (Phi) is 6.44. The smallest absolute Gasteiger partial charge is 0.225 e. The minimum atomic E-state index is 0. The molecule has 2 rings (SSSR count). The summed E-state index contributed by atoms with van der Waals surface area (Å²) in [5, 5.41) is 0. The topological polar surface area (TPSA) is 46.3 Å². The Balaban J connectivity index is 0.00000162. The van der Waals surface area contributed by atoms with Crippen molar-refractivity contribution in [3.05, 3.63) is 0 Å². The Morgan fingerprint density at radius 3 is 2.39 bits per heavy atom. The van der Waals surface area contributed by atoms with Crippen LogP contribution in [-0.2, 0) is 4.79 Å². The Bertz CT molecular complexity index is 267. The van der Waals surface area contributed by atoms with Crippen LogP contribution in [0.3, 0.4) is 0 Å².